The minimum Gasteiger partial charge on any atom is -0.345 e. The molecule has 1 aromatic carbocycles. The number of hydrogen-bond acceptors (Lipinski definition) is 1. The molecule has 0 bridgehead atoms. The molecule has 2 nitrogen and oxygen atoms in total. The molecule has 1 N–H and O–H groups in total. The van der Waals surface area contributed by atoms with Gasteiger partial charge in [0.2, 0.25) is 5.91 Å². The molecule has 1 aromatic rings. The van der Waals surface area contributed by atoms with Gasteiger partial charge in [0.25, 0.3) is 0 Å². The van der Waals surface area contributed by atoms with E-state index in [9.17, 15) is 18.0 Å². The maximum absolute atomic E-state index is 12.4. The number of halogens is 4. The SMILES string of the molecule is CC(=O)NCC#Cc1cc(C(F)(F)F)ccc1Cl. The van der Waals surface area contributed by atoms with Crippen molar-refractivity contribution in [2.24, 2.45) is 0 Å². The Labute approximate surface area is 107 Å². The van der Waals surface area contributed by atoms with Crippen molar-refractivity contribution in [3.05, 3.63) is 34.3 Å². The smallest absolute Gasteiger partial charge is 0.345 e. The van der Waals surface area contributed by atoms with Crippen molar-refractivity contribution in [2.75, 3.05) is 6.54 Å². The van der Waals surface area contributed by atoms with Crippen LogP contribution >= 0.6 is 11.6 Å². The van der Waals surface area contributed by atoms with Gasteiger partial charge in [-0.2, -0.15) is 13.2 Å². The summed E-state index contributed by atoms with van der Waals surface area (Å²) >= 11 is 5.73. The highest BCUT2D eigenvalue weighted by Gasteiger charge is 2.30. The summed E-state index contributed by atoms with van der Waals surface area (Å²) in [6.07, 6.45) is -4.43. The molecule has 0 saturated carbocycles. The first-order valence-electron chi connectivity index (χ1n) is 4.91. The van der Waals surface area contributed by atoms with Crippen LogP contribution in [0.25, 0.3) is 0 Å². The van der Waals surface area contributed by atoms with Crippen LogP contribution in [0.3, 0.4) is 0 Å². The van der Waals surface area contributed by atoms with Crippen LogP contribution in [0.1, 0.15) is 18.1 Å². The van der Waals surface area contributed by atoms with E-state index in [2.05, 4.69) is 17.2 Å². The van der Waals surface area contributed by atoms with E-state index in [4.69, 9.17) is 11.6 Å². The quantitative estimate of drug-likeness (QED) is 0.785. The van der Waals surface area contributed by atoms with Crippen LogP contribution in [-0.2, 0) is 11.0 Å². The summed E-state index contributed by atoms with van der Waals surface area (Å²) in [6, 6.07) is 2.91. The molecule has 1 rings (SSSR count). The summed E-state index contributed by atoms with van der Waals surface area (Å²) in [5.74, 6) is 4.74. The van der Waals surface area contributed by atoms with Gasteiger partial charge in [-0.3, -0.25) is 4.79 Å². The van der Waals surface area contributed by atoms with Crippen molar-refractivity contribution in [3.63, 3.8) is 0 Å². The lowest BCUT2D eigenvalue weighted by atomic mass is 10.1. The predicted octanol–water partition coefficient (Wildman–Crippen LogP) is 2.85. The topological polar surface area (TPSA) is 29.1 Å². The number of carbonyl (C=O) groups is 1. The van der Waals surface area contributed by atoms with Crippen LogP contribution in [0.15, 0.2) is 18.2 Å². The van der Waals surface area contributed by atoms with Crippen molar-refractivity contribution in [3.8, 4) is 11.8 Å². The molecule has 0 fully saturated rings. The van der Waals surface area contributed by atoms with Gasteiger partial charge in [-0.25, -0.2) is 0 Å². The summed E-state index contributed by atoms with van der Waals surface area (Å²) in [4.78, 5) is 10.6. The largest absolute Gasteiger partial charge is 0.416 e. The van der Waals surface area contributed by atoms with Crippen molar-refractivity contribution in [1.82, 2.24) is 5.32 Å². The number of nitrogens with one attached hydrogen (secondary N) is 1. The van der Waals surface area contributed by atoms with Gasteiger partial charge in [-0.15, -0.1) is 0 Å². The van der Waals surface area contributed by atoms with Gasteiger partial charge < -0.3 is 5.32 Å². The van der Waals surface area contributed by atoms with Gasteiger partial charge >= 0.3 is 6.18 Å². The monoisotopic (exact) mass is 275 g/mol. The Bertz CT molecular complexity index is 514. The Balaban J connectivity index is 2.91. The maximum atomic E-state index is 12.4. The normalized spacial score (nSPS) is 10.5. The van der Waals surface area contributed by atoms with E-state index >= 15 is 0 Å². The van der Waals surface area contributed by atoms with Crippen LogP contribution in [0.5, 0.6) is 0 Å². The zero-order valence-corrected chi connectivity index (χ0v) is 10.1. The molecule has 0 radical (unpaired) electrons. The Morgan fingerprint density at radius 2 is 2.11 bits per heavy atom. The van der Waals surface area contributed by atoms with E-state index in [0.717, 1.165) is 18.2 Å². The lowest BCUT2D eigenvalue weighted by molar-refractivity contribution is -0.137. The average Bonchev–Trinajstić information content (AvgIpc) is 2.24. The van der Waals surface area contributed by atoms with Crippen molar-refractivity contribution < 1.29 is 18.0 Å². The molecule has 96 valence electrons. The van der Waals surface area contributed by atoms with Crippen LogP contribution in [-0.4, -0.2) is 12.5 Å². The number of hydrogen-bond donors (Lipinski definition) is 1. The zero-order valence-electron chi connectivity index (χ0n) is 9.36. The third-order valence-electron chi connectivity index (χ3n) is 1.94. The summed E-state index contributed by atoms with van der Waals surface area (Å²) in [7, 11) is 0. The molecule has 0 spiro atoms. The number of carbonyl (C=O) groups excluding carboxylic acids is 1. The fourth-order valence-corrected chi connectivity index (χ4v) is 1.27. The van der Waals surface area contributed by atoms with Crippen LogP contribution in [0, 0.1) is 11.8 Å². The van der Waals surface area contributed by atoms with Crippen LogP contribution < -0.4 is 5.32 Å². The van der Waals surface area contributed by atoms with E-state index < -0.39 is 11.7 Å². The Morgan fingerprint density at radius 3 is 2.67 bits per heavy atom. The van der Waals surface area contributed by atoms with E-state index in [0.29, 0.717) is 0 Å². The molecule has 0 aliphatic rings. The first-order valence-corrected chi connectivity index (χ1v) is 5.28. The number of alkyl halides is 3. The molecule has 18 heavy (non-hydrogen) atoms. The number of benzene rings is 1. The molecular formula is C12H9ClF3NO. The second-order valence-electron chi connectivity index (χ2n) is 3.40. The zero-order chi connectivity index (χ0) is 13.8. The molecule has 0 atom stereocenters. The summed E-state index contributed by atoms with van der Waals surface area (Å²) in [5.41, 5.74) is -0.729. The minimum absolute atomic E-state index is 0.0574. The van der Waals surface area contributed by atoms with Gasteiger partial charge in [0.05, 0.1) is 17.1 Å². The van der Waals surface area contributed by atoms with Crippen molar-refractivity contribution in [2.45, 2.75) is 13.1 Å². The van der Waals surface area contributed by atoms with Gasteiger partial charge in [0.1, 0.15) is 0 Å². The van der Waals surface area contributed by atoms with E-state index in [-0.39, 0.29) is 23.0 Å². The molecule has 0 unspecified atom stereocenters. The lowest BCUT2D eigenvalue weighted by Gasteiger charge is -2.07. The lowest BCUT2D eigenvalue weighted by Crippen LogP contribution is -2.19. The average molecular weight is 276 g/mol. The third-order valence-corrected chi connectivity index (χ3v) is 2.27. The molecule has 0 aliphatic carbocycles. The van der Waals surface area contributed by atoms with E-state index in [1.54, 1.807) is 0 Å². The second-order valence-corrected chi connectivity index (χ2v) is 3.81. The second kappa shape index (κ2) is 5.78. The predicted molar refractivity (Wildman–Crippen MR) is 62.0 cm³/mol. The van der Waals surface area contributed by atoms with E-state index in [1.807, 2.05) is 0 Å². The first-order chi connectivity index (χ1) is 8.30. The fraction of sp³-hybridized carbons (Fsp3) is 0.250. The maximum Gasteiger partial charge on any atom is 0.416 e. The number of amides is 1. The van der Waals surface area contributed by atoms with E-state index in [1.165, 1.54) is 6.92 Å². The molecule has 0 aromatic heterocycles. The minimum atomic E-state index is -4.43. The molecular weight excluding hydrogens is 267 g/mol. The van der Waals surface area contributed by atoms with Crippen molar-refractivity contribution >= 4 is 17.5 Å². The summed E-state index contributed by atoms with van der Waals surface area (Å²) in [5, 5.41) is 2.54. The summed E-state index contributed by atoms with van der Waals surface area (Å²) < 4.78 is 37.3. The summed E-state index contributed by atoms with van der Waals surface area (Å²) in [6.45, 7) is 1.38. The van der Waals surface area contributed by atoms with Crippen molar-refractivity contribution in [1.29, 1.82) is 0 Å². The number of rotatable bonds is 1. The molecule has 6 heteroatoms. The first kappa shape index (κ1) is 14.4. The molecule has 1 amide bonds. The third kappa shape index (κ3) is 4.30. The van der Waals surface area contributed by atoms with Gasteiger partial charge in [0.15, 0.2) is 0 Å². The highest BCUT2D eigenvalue weighted by atomic mass is 35.5. The fourth-order valence-electron chi connectivity index (χ4n) is 1.11. The highest BCUT2D eigenvalue weighted by molar-refractivity contribution is 6.31. The highest BCUT2D eigenvalue weighted by Crippen LogP contribution is 2.31. The molecule has 0 saturated heterocycles. The Morgan fingerprint density at radius 1 is 1.44 bits per heavy atom. The van der Waals surface area contributed by atoms with Crippen LogP contribution in [0.4, 0.5) is 13.2 Å². The Kier molecular flexibility index (Phi) is 4.62. The Hall–Kier alpha value is -1.67. The standard InChI is InChI=1S/C12H9ClF3NO/c1-8(18)17-6-2-3-9-7-10(12(14,15)16)4-5-11(9)13/h4-5,7H,6H2,1H3,(H,17,18). The van der Waals surface area contributed by atoms with Gasteiger partial charge in [-0.1, -0.05) is 23.4 Å². The molecule has 0 aliphatic heterocycles. The van der Waals surface area contributed by atoms with Gasteiger partial charge in [0, 0.05) is 12.5 Å². The molecule has 0 heterocycles. The van der Waals surface area contributed by atoms with Gasteiger partial charge in [-0.05, 0) is 18.2 Å². The van der Waals surface area contributed by atoms with Crippen LogP contribution in [0.2, 0.25) is 5.02 Å².